The molecule has 130 valence electrons. The molecule has 0 unspecified atom stereocenters. The Morgan fingerprint density at radius 2 is 2.04 bits per heavy atom. The first-order chi connectivity index (χ1) is 12.2. The number of amides is 1. The molecule has 1 aliphatic carbocycles. The van der Waals surface area contributed by atoms with Gasteiger partial charge in [-0.3, -0.25) is 9.89 Å². The highest BCUT2D eigenvalue weighted by atomic mass is 32.1. The van der Waals surface area contributed by atoms with Crippen LogP contribution < -0.4 is 0 Å². The lowest BCUT2D eigenvalue weighted by molar-refractivity contribution is 0.0783. The molecule has 1 saturated carbocycles. The first-order valence-electron chi connectivity index (χ1n) is 8.72. The van der Waals surface area contributed by atoms with E-state index in [-0.39, 0.29) is 5.91 Å². The Morgan fingerprint density at radius 1 is 1.24 bits per heavy atom. The molecule has 0 atom stereocenters. The molecule has 7 heteroatoms. The summed E-state index contributed by atoms with van der Waals surface area (Å²) < 4.78 is 8.48. The summed E-state index contributed by atoms with van der Waals surface area (Å²) >= 11 is 1.21. The number of H-pyrrole nitrogens is 1. The van der Waals surface area contributed by atoms with Crippen LogP contribution in [0.4, 0.5) is 0 Å². The predicted octanol–water partition coefficient (Wildman–Crippen LogP) is 3.73. The van der Waals surface area contributed by atoms with E-state index in [4.69, 9.17) is 0 Å². The van der Waals surface area contributed by atoms with Crippen LogP contribution in [0, 0.1) is 0 Å². The molecular weight excluding hydrogens is 334 g/mol. The molecular formula is C18H21N5OS. The van der Waals surface area contributed by atoms with Crippen molar-refractivity contribution in [1.29, 1.82) is 0 Å². The van der Waals surface area contributed by atoms with Crippen molar-refractivity contribution in [3.63, 3.8) is 0 Å². The molecule has 6 nitrogen and oxygen atoms in total. The van der Waals surface area contributed by atoms with E-state index in [0.29, 0.717) is 18.0 Å². The number of aromatic amines is 1. The van der Waals surface area contributed by atoms with Crippen molar-refractivity contribution in [2.75, 3.05) is 7.05 Å². The maximum absolute atomic E-state index is 12.9. The zero-order chi connectivity index (χ0) is 17.2. The van der Waals surface area contributed by atoms with Gasteiger partial charge in [0, 0.05) is 19.5 Å². The molecule has 4 rings (SSSR count). The zero-order valence-corrected chi connectivity index (χ0v) is 15.1. The number of nitrogens with one attached hydrogen (secondary N) is 1. The van der Waals surface area contributed by atoms with Crippen molar-refractivity contribution in [2.24, 2.45) is 0 Å². The number of benzene rings is 1. The van der Waals surface area contributed by atoms with Crippen molar-refractivity contribution >= 4 is 28.7 Å². The fourth-order valence-corrected chi connectivity index (χ4v) is 4.16. The summed E-state index contributed by atoms with van der Waals surface area (Å²) in [5, 5.41) is 7.23. The van der Waals surface area contributed by atoms with E-state index >= 15 is 0 Å². The average Bonchev–Trinajstić information content (AvgIpc) is 3.30. The number of hydrogen-bond acceptors (Lipinski definition) is 5. The minimum Gasteiger partial charge on any atom is -0.337 e. The lowest BCUT2D eigenvalue weighted by atomic mass is 9.85. The molecule has 0 bridgehead atoms. The molecule has 1 amide bonds. The third-order valence-corrected chi connectivity index (χ3v) is 5.55. The topological polar surface area (TPSA) is 74.8 Å². The Balaban J connectivity index is 1.51. The number of nitrogens with zero attached hydrogens (tertiary/aromatic N) is 4. The summed E-state index contributed by atoms with van der Waals surface area (Å²) in [6.45, 7) is 0.543. The van der Waals surface area contributed by atoms with Crippen LogP contribution in [0.5, 0.6) is 0 Å². The summed E-state index contributed by atoms with van der Waals surface area (Å²) in [5.41, 5.74) is 4.56. The second kappa shape index (κ2) is 6.92. The molecule has 2 heterocycles. The van der Waals surface area contributed by atoms with Crippen molar-refractivity contribution in [3.05, 3.63) is 41.2 Å². The highest BCUT2D eigenvalue weighted by Gasteiger charge is 2.25. The molecule has 0 saturated heterocycles. The standard InChI is InChI=1S/C18H21N5OS/c1-23(11-12-7-8-15-16(9-12)22-25-21-15)18(24)14-10-19-20-17(14)13-5-3-2-4-6-13/h7-10,13H,2-6,11H2,1H3,(H,19,20). The quantitative estimate of drug-likeness (QED) is 0.774. The van der Waals surface area contributed by atoms with Crippen LogP contribution in [0.25, 0.3) is 11.0 Å². The molecule has 0 aliphatic heterocycles. The van der Waals surface area contributed by atoms with Crippen molar-refractivity contribution in [1.82, 2.24) is 23.8 Å². The second-order valence-electron chi connectivity index (χ2n) is 6.78. The number of hydrogen-bond donors (Lipinski definition) is 1. The van der Waals surface area contributed by atoms with E-state index in [1.54, 1.807) is 11.1 Å². The van der Waals surface area contributed by atoms with Gasteiger partial charge in [0.05, 0.1) is 29.2 Å². The second-order valence-corrected chi connectivity index (χ2v) is 7.31. The molecule has 1 aliphatic rings. The fourth-order valence-electron chi connectivity index (χ4n) is 3.65. The Labute approximate surface area is 150 Å². The summed E-state index contributed by atoms with van der Waals surface area (Å²) in [6, 6.07) is 5.96. The Hall–Kier alpha value is -2.28. The van der Waals surface area contributed by atoms with Crippen molar-refractivity contribution in [2.45, 2.75) is 44.6 Å². The first-order valence-corrected chi connectivity index (χ1v) is 9.45. The summed E-state index contributed by atoms with van der Waals surface area (Å²) in [5.74, 6) is 0.451. The molecule has 3 aromatic rings. The third kappa shape index (κ3) is 3.28. The molecule has 0 spiro atoms. The van der Waals surface area contributed by atoms with Gasteiger partial charge < -0.3 is 4.90 Å². The minimum absolute atomic E-state index is 0.0193. The third-order valence-electron chi connectivity index (χ3n) is 5.00. The maximum atomic E-state index is 12.9. The highest BCUT2D eigenvalue weighted by molar-refractivity contribution is 7.00. The number of aromatic nitrogens is 4. The first kappa shape index (κ1) is 16.2. The van der Waals surface area contributed by atoms with Gasteiger partial charge in [-0.15, -0.1) is 0 Å². The summed E-state index contributed by atoms with van der Waals surface area (Å²) in [7, 11) is 1.84. The monoisotopic (exact) mass is 355 g/mol. The van der Waals surface area contributed by atoms with E-state index in [1.807, 2.05) is 25.2 Å². The van der Waals surface area contributed by atoms with Gasteiger partial charge in [-0.05, 0) is 30.5 Å². The lowest BCUT2D eigenvalue weighted by Gasteiger charge is -2.23. The van der Waals surface area contributed by atoms with Crippen molar-refractivity contribution < 1.29 is 4.79 Å². The molecule has 0 radical (unpaired) electrons. The van der Waals surface area contributed by atoms with E-state index in [1.165, 1.54) is 31.0 Å². The van der Waals surface area contributed by atoms with Gasteiger partial charge in [-0.1, -0.05) is 25.3 Å². The van der Waals surface area contributed by atoms with Crippen LogP contribution in [-0.2, 0) is 6.54 Å². The number of carbonyl (C=O) groups is 1. The summed E-state index contributed by atoms with van der Waals surface area (Å²) in [4.78, 5) is 14.7. The molecule has 25 heavy (non-hydrogen) atoms. The normalized spacial score (nSPS) is 15.6. The van der Waals surface area contributed by atoms with Gasteiger partial charge in [0.15, 0.2) is 0 Å². The van der Waals surface area contributed by atoms with Gasteiger partial charge in [-0.2, -0.15) is 13.8 Å². The minimum atomic E-state index is 0.0193. The van der Waals surface area contributed by atoms with Crippen molar-refractivity contribution in [3.8, 4) is 0 Å². The highest BCUT2D eigenvalue weighted by Crippen LogP contribution is 2.33. The average molecular weight is 355 g/mol. The molecule has 1 N–H and O–H groups in total. The Morgan fingerprint density at radius 3 is 2.88 bits per heavy atom. The number of rotatable bonds is 4. The summed E-state index contributed by atoms with van der Waals surface area (Å²) in [6.07, 6.45) is 7.71. The number of carbonyl (C=O) groups excluding carboxylic acids is 1. The lowest BCUT2D eigenvalue weighted by Crippen LogP contribution is -2.27. The van der Waals surface area contributed by atoms with Crippen LogP contribution in [0.15, 0.2) is 24.4 Å². The zero-order valence-electron chi connectivity index (χ0n) is 14.2. The van der Waals surface area contributed by atoms with Gasteiger partial charge in [-0.25, -0.2) is 0 Å². The van der Waals surface area contributed by atoms with Gasteiger partial charge in [0.25, 0.3) is 5.91 Å². The Bertz CT molecular complexity index is 880. The van der Waals surface area contributed by atoms with Crippen LogP contribution >= 0.6 is 11.7 Å². The van der Waals surface area contributed by atoms with E-state index in [2.05, 4.69) is 18.9 Å². The molecule has 1 aromatic carbocycles. The smallest absolute Gasteiger partial charge is 0.257 e. The van der Waals surface area contributed by atoms with Gasteiger partial charge >= 0.3 is 0 Å². The van der Waals surface area contributed by atoms with E-state index in [9.17, 15) is 4.79 Å². The van der Waals surface area contributed by atoms with Crippen LogP contribution in [-0.4, -0.2) is 36.8 Å². The Kier molecular flexibility index (Phi) is 4.48. The molecule has 1 fully saturated rings. The number of fused-ring (bicyclic) bond motifs is 1. The van der Waals surface area contributed by atoms with Gasteiger partial charge in [0.1, 0.15) is 11.0 Å². The largest absolute Gasteiger partial charge is 0.337 e. The maximum Gasteiger partial charge on any atom is 0.257 e. The van der Waals surface area contributed by atoms with Crippen LogP contribution in [0.1, 0.15) is 59.6 Å². The predicted molar refractivity (Wildman–Crippen MR) is 97.6 cm³/mol. The van der Waals surface area contributed by atoms with E-state index in [0.717, 1.165) is 35.1 Å². The van der Waals surface area contributed by atoms with Gasteiger partial charge in [0.2, 0.25) is 0 Å². The van der Waals surface area contributed by atoms with E-state index < -0.39 is 0 Å². The van der Waals surface area contributed by atoms with Crippen LogP contribution in [0.2, 0.25) is 0 Å². The molecule has 2 aromatic heterocycles. The van der Waals surface area contributed by atoms with Crippen LogP contribution in [0.3, 0.4) is 0 Å². The SMILES string of the molecule is CN(Cc1ccc2nsnc2c1)C(=O)c1cn[nH]c1C1CCCCC1. The fraction of sp³-hybridized carbons (Fsp3) is 0.444.